The first kappa shape index (κ1) is 22.2. The molecule has 1 atom stereocenters. The Morgan fingerprint density at radius 3 is 2.38 bits per heavy atom. The van der Waals surface area contributed by atoms with Gasteiger partial charge in [-0.25, -0.2) is 0 Å². The quantitative estimate of drug-likeness (QED) is 0.514. The Morgan fingerprint density at radius 2 is 1.83 bits per heavy atom. The number of nitro benzene ring substituents is 1. The van der Waals surface area contributed by atoms with E-state index in [2.05, 4.69) is 10.6 Å². The molecule has 156 valence electrons. The third-order valence-electron chi connectivity index (χ3n) is 4.26. The van der Waals surface area contributed by atoms with Gasteiger partial charge in [-0.15, -0.1) is 0 Å². The number of nitro groups is 1. The van der Waals surface area contributed by atoms with E-state index in [1.165, 1.54) is 0 Å². The highest BCUT2D eigenvalue weighted by atomic mass is 19.4. The molecule has 0 aromatic heterocycles. The van der Waals surface area contributed by atoms with E-state index in [1.807, 2.05) is 49.3 Å². The molecule has 0 saturated carbocycles. The molecule has 29 heavy (non-hydrogen) atoms. The molecule has 1 amide bonds. The number of rotatable bonds is 8. The predicted molar refractivity (Wildman–Crippen MR) is 102 cm³/mol. The van der Waals surface area contributed by atoms with E-state index in [1.54, 1.807) is 0 Å². The molecule has 2 aromatic carbocycles. The van der Waals surface area contributed by atoms with E-state index in [9.17, 15) is 28.1 Å². The van der Waals surface area contributed by atoms with Crippen LogP contribution >= 0.6 is 0 Å². The van der Waals surface area contributed by atoms with Crippen molar-refractivity contribution < 1.29 is 22.9 Å². The molecule has 0 heterocycles. The molecule has 0 aliphatic heterocycles. The number of nitrogens with one attached hydrogen (secondary N) is 2. The van der Waals surface area contributed by atoms with Crippen molar-refractivity contribution in [1.82, 2.24) is 10.2 Å². The molecule has 10 heteroatoms. The van der Waals surface area contributed by atoms with Crippen LogP contribution in [0.5, 0.6) is 0 Å². The molecular weight excluding hydrogens is 389 g/mol. The summed E-state index contributed by atoms with van der Waals surface area (Å²) in [4.78, 5) is 24.2. The number of alkyl halides is 3. The molecule has 0 radical (unpaired) electrons. The molecule has 0 aliphatic rings. The maximum absolute atomic E-state index is 12.7. The summed E-state index contributed by atoms with van der Waals surface area (Å²) in [5.41, 5.74) is -1.03. The summed E-state index contributed by atoms with van der Waals surface area (Å²) < 4.78 is 38.2. The minimum Gasteiger partial charge on any atom is -0.371 e. The lowest BCUT2D eigenvalue weighted by Crippen LogP contribution is -2.37. The summed E-state index contributed by atoms with van der Waals surface area (Å²) in [5.74, 6) is -0.443. The Bertz CT molecular complexity index is 858. The van der Waals surface area contributed by atoms with Gasteiger partial charge in [0.15, 0.2) is 0 Å². The Morgan fingerprint density at radius 1 is 1.17 bits per heavy atom. The van der Waals surface area contributed by atoms with Crippen molar-refractivity contribution in [2.75, 3.05) is 32.5 Å². The fourth-order valence-corrected chi connectivity index (χ4v) is 2.73. The van der Waals surface area contributed by atoms with Crippen LogP contribution in [-0.4, -0.2) is 42.9 Å². The Labute approximate surface area is 165 Å². The van der Waals surface area contributed by atoms with Crippen LogP contribution in [0.25, 0.3) is 0 Å². The molecule has 7 nitrogen and oxygen atoms in total. The van der Waals surface area contributed by atoms with Crippen molar-refractivity contribution in [3.8, 4) is 0 Å². The summed E-state index contributed by atoms with van der Waals surface area (Å²) in [6, 6.07) is 11.6. The number of nitrogens with zero attached hydrogens (tertiary/aromatic N) is 2. The van der Waals surface area contributed by atoms with Gasteiger partial charge in [-0.1, -0.05) is 30.3 Å². The van der Waals surface area contributed by atoms with Crippen molar-refractivity contribution in [1.29, 1.82) is 0 Å². The number of amides is 1. The average Bonchev–Trinajstić information content (AvgIpc) is 2.66. The van der Waals surface area contributed by atoms with Gasteiger partial charge in [0.2, 0.25) is 5.91 Å². The van der Waals surface area contributed by atoms with Crippen molar-refractivity contribution in [3.05, 3.63) is 69.8 Å². The van der Waals surface area contributed by atoms with Gasteiger partial charge in [-0.3, -0.25) is 14.9 Å². The first-order valence-corrected chi connectivity index (χ1v) is 8.67. The van der Waals surface area contributed by atoms with Crippen molar-refractivity contribution in [2.24, 2.45) is 0 Å². The summed E-state index contributed by atoms with van der Waals surface area (Å²) in [7, 11) is 3.74. The van der Waals surface area contributed by atoms with Gasteiger partial charge < -0.3 is 15.5 Å². The number of halogens is 3. The van der Waals surface area contributed by atoms with Crippen LogP contribution in [0.4, 0.5) is 24.5 Å². The van der Waals surface area contributed by atoms with Crippen LogP contribution in [0, 0.1) is 10.1 Å². The lowest BCUT2D eigenvalue weighted by atomic mass is 10.1. The molecule has 2 rings (SSSR count). The lowest BCUT2D eigenvalue weighted by molar-refractivity contribution is -0.384. The molecule has 0 bridgehead atoms. The van der Waals surface area contributed by atoms with Gasteiger partial charge >= 0.3 is 6.18 Å². The number of anilines is 1. The Kier molecular flexibility index (Phi) is 7.16. The molecule has 0 unspecified atom stereocenters. The first-order valence-electron chi connectivity index (χ1n) is 8.67. The molecule has 0 fully saturated rings. The third kappa shape index (κ3) is 6.18. The average molecular weight is 410 g/mol. The summed E-state index contributed by atoms with van der Waals surface area (Å²) in [5, 5.41) is 16.3. The van der Waals surface area contributed by atoms with Crippen LogP contribution in [0.15, 0.2) is 48.5 Å². The molecule has 0 aliphatic carbocycles. The maximum Gasteiger partial charge on any atom is 0.416 e. The summed E-state index contributed by atoms with van der Waals surface area (Å²) in [6.45, 7) is -0.0201. The fourth-order valence-electron chi connectivity index (χ4n) is 2.73. The molecular formula is C19H21F3N4O3. The zero-order chi connectivity index (χ0) is 21.6. The minimum atomic E-state index is -4.70. The van der Waals surface area contributed by atoms with Gasteiger partial charge in [-0.05, 0) is 31.8 Å². The zero-order valence-corrected chi connectivity index (χ0v) is 15.9. The molecule has 0 spiro atoms. The summed E-state index contributed by atoms with van der Waals surface area (Å²) in [6.07, 6.45) is -4.70. The number of hydrogen-bond donors (Lipinski definition) is 2. The number of benzene rings is 2. The number of carbonyl (C=O) groups is 1. The largest absolute Gasteiger partial charge is 0.416 e. The zero-order valence-electron chi connectivity index (χ0n) is 15.9. The fraction of sp³-hybridized carbons (Fsp3) is 0.316. The van der Waals surface area contributed by atoms with Crippen LogP contribution in [-0.2, 0) is 11.0 Å². The maximum atomic E-state index is 12.7. The van der Waals surface area contributed by atoms with E-state index in [-0.39, 0.29) is 18.3 Å². The van der Waals surface area contributed by atoms with E-state index in [0.717, 1.165) is 17.7 Å². The van der Waals surface area contributed by atoms with Crippen LogP contribution < -0.4 is 10.6 Å². The van der Waals surface area contributed by atoms with Gasteiger partial charge in [0, 0.05) is 12.6 Å². The Balaban J connectivity index is 2.01. The third-order valence-corrected chi connectivity index (χ3v) is 4.26. The normalized spacial score (nSPS) is 12.5. The molecule has 0 saturated heterocycles. The van der Waals surface area contributed by atoms with Crippen molar-refractivity contribution >= 4 is 17.3 Å². The van der Waals surface area contributed by atoms with Gasteiger partial charge in [0.1, 0.15) is 5.69 Å². The topological polar surface area (TPSA) is 87.5 Å². The predicted octanol–water partition coefficient (Wildman–Crippen LogP) is 3.44. The second kappa shape index (κ2) is 9.37. The monoisotopic (exact) mass is 410 g/mol. The van der Waals surface area contributed by atoms with E-state index in [4.69, 9.17) is 0 Å². The SMILES string of the molecule is CN(C)[C@@H](CNC(=O)CNc1ccc(C(F)(F)F)cc1[N+](=O)[O-])c1ccccc1. The highest BCUT2D eigenvalue weighted by molar-refractivity contribution is 5.81. The van der Waals surface area contributed by atoms with Crippen LogP contribution in [0.2, 0.25) is 0 Å². The second-order valence-corrected chi connectivity index (χ2v) is 6.53. The first-order chi connectivity index (χ1) is 13.6. The van der Waals surface area contributed by atoms with Gasteiger partial charge in [0.25, 0.3) is 5.69 Å². The van der Waals surface area contributed by atoms with E-state index < -0.39 is 28.3 Å². The van der Waals surface area contributed by atoms with Crippen molar-refractivity contribution in [2.45, 2.75) is 12.2 Å². The van der Waals surface area contributed by atoms with Crippen LogP contribution in [0.1, 0.15) is 17.2 Å². The van der Waals surface area contributed by atoms with Crippen LogP contribution in [0.3, 0.4) is 0 Å². The number of hydrogen-bond acceptors (Lipinski definition) is 5. The number of carbonyl (C=O) groups excluding carboxylic acids is 1. The van der Waals surface area contributed by atoms with E-state index >= 15 is 0 Å². The van der Waals surface area contributed by atoms with E-state index in [0.29, 0.717) is 12.6 Å². The van der Waals surface area contributed by atoms with Gasteiger partial charge in [0.05, 0.1) is 23.1 Å². The Hall–Kier alpha value is -3.14. The molecule has 2 aromatic rings. The smallest absolute Gasteiger partial charge is 0.371 e. The highest BCUT2D eigenvalue weighted by Gasteiger charge is 2.33. The van der Waals surface area contributed by atoms with Crippen molar-refractivity contribution in [3.63, 3.8) is 0 Å². The van der Waals surface area contributed by atoms with Gasteiger partial charge in [-0.2, -0.15) is 13.2 Å². The second-order valence-electron chi connectivity index (χ2n) is 6.53. The highest BCUT2D eigenvalue weighted by Crippen LogP contribution is 2.34. The lowest BCUT2D eigenvalue weighted by Gasteiger charge is -2.25. The summed E-state index contributed by atoms with van der Waals surface area (Å²) >= 11 is 0. The minimum absolute atomic E-state index is 0.0828. The number of likely N-dealkylation sites (N-methyl/N-ethyl adjacent to an activating group) is 1. The standard InChI is InChI=1S/C19H21F3N4O3/c1-25(2)17(13-6-4-3-5-7-13)11-24-18(27)12-23-15-9-8-14(19(20,21)22)10-16(15)26(28)29/h3-10,17,23H,11-12H2,1-2H3,(H,24,27)/t17-/m0/s1. The molecule has 2 N–H and O–H groups in total.